The Balaban J connectivity index is 0.00000264. The summed E-state index contributed by atoms with van der Waals surface area (Å²) in [5.41, 5.74) is 0.0814. The molecule has 1 atom stereocenters. The quantitative estimate of drug-likeness (QED) is 0.865. The van der Waals surface area contributed by atoms with Crippen LogP contribution >= 0.6 is 24.0 Å². The highest BCUT2D eigenvalue weighted by Gasteiger charge is 2.26. The van der Waals surface area contributed by atoms with Crippen molar-refractivity contribution < 1.29 is 18.3 Å². The van der Waals surface area contributed by atoms with Crippen molar-refractivity contribution >= 4 is 29.9 Å². The molecule has 1 aromatic carbocycles. The number of piperidine rings is 1. The normalized spacial score (nSPS) is 17.8. The van der Waals surface area contributed by atoms with Crippen LogP contribution in [0.1, 0.15) is 23.2 Å². The molecule has 1 saturated heterocycles. The number of carbonyl (C=O) groups is 1. The number of likely N-dealkylation sites (tertiary alicyclic amines) is 1. The molecule has 0 spiro atoms. The van der Waals surface area contributed by atoms with E-state index in [1.807, 2.05) is 7.05 Å². The van der Waals surface area contributed by atoms with E-state index >= 15 is 0 Å². The molecule has 2 rings (SSSR count). The van der Waals surface area contributed by atoms with E-state index in [0.717, 1.165) is 19.4 Å². The fourth-order valence-corrected chi connectivity index (χ4v) is 2.92. The SMILES string of the molecule is CNCC1CCCN(C(=O)c2cc(Cl)ccc2OC(F)F)C1.Cl. The number of alkyl halides is 2. The highest BCUT2D eigenvalue weighted by Crippen LogP contribution is 2.27. The lowest BCUT2D eigenvalue weighted by Crippen LogP contribution is -2.42. The van der Waals surface area contributed by atoms with E-state index < -0.39 is 6.61 Å². The summed E-state index contributed by atoms with van der Waals surface area (Å²) in [6.45, 7) is -0.953. The number of rotatable bonds is 5. The molecule has 0 saturated carbocycles. The molecule has 8 heteroatoms. The summed E-state index contributed by atoms with van der Waals surface area (Å²) in [6, 6.07) is 4.11. The Hall–Kier alpha value is -1.11. The Bertz CT molecular complexity index is 530. The van der Waals surface area contributed by atoms with Gasteiger partial charge in [-0.05, 0) is 50.6 Å². The molecule has 1 fully saturated rings. The molecule has 1 N–H and O–H groups in total. The monoisotopic (exact) mass is 368 g/mol. The minimum absolute atomic E-state index is 0. The van der Waals surface area contributed by atoms with E-state index in [4.69, 9.17) is 11.6 Å². The van der Waals surface area contributed by atoms with Gasteiger partial charge in [-0.1, -0.05) is 11.6 Å². The zero-order chi connectivity index (χ0) is 16.1. The number of nitrogens with one attached hydrogen (secondary N) is 1. The Morgan fingerprint density at radius 2 is 2.26 bits per heavy atom. The van der Waals surface area contributed by atoms with E-state index in [9.17, 15) is 13.6 Å². The van der Waals surface area contributed by atoms with Crippen LogP contribution in [0.3, 0.4) is 0 Å². The molecule has 4 nitrogen and oxygen atoms in total. The second-order valence-corrected chi connectivity index (χ2v) is 5.77. The predicted molar refractivity (Wildman–Crippen MR) is 87.9 cm³/mol. The average molecular weight is 369 g/mol. The largest absolute Gasteiger partial charge is 0.434 e. The van der Waals surface area contributed by atoms with Crippen LogP contribution in [0, 0.1) is 5.92 Å². The van der Waals surface area contributed by atoms with Gasteiger partial charge in [-0.25, -0.2) is 0 Å². The molecule has 0 aliphatic carbocycles. The van der Waals surface area contributed by atoms with Crippen LogP contribution in [-0.2, 0) is 0 Å². The number of ether oxygens (including phenoxy) is 1. The lowest BCUT2D eigenvalue weighted by atomic mass is 9.97. The summed E-state index contributed by atoms with van der Waals surface area (Å²) in [4.78, 5) is 14.3. The molecule has 0 bridgehead atoms. The van der Waals surface area contributed by atoms with Gasteiger partial charge in [-0.15, -0.1) is 12.4 Å². The van der Waals surface area contributed by atoms with Gasteiger partial charge in [0.2, 0.25) is 0 Å². The molecule has 0 aromatic heterocycles. The Morgan fingerprint density at radius 1 is 1.52 bits per heavy atom. The average Bonchev–Trinajstić information content (AvgIpc) is 2.48. The van der Waals surface area contributed by atoms with Gasteiger partial charge in [0.05, 0.1) is 5.56 Å². The van der Waals surface area contributed by atoms with Gasteiger partial charge >= 0.3 is 6.61 Å². The van der Waals surface area contributed by atoms with Crippen LogP contribution in [0.4, 0.5) is 8.78 Å². The Morgan fingerprint density at radius 3 is 2.91 bits per heavy atom. The molecular formula is C15H20Cl2F2N2O2. The zero-order valence-corrected chi connectivity index (χ0v) is 14.3. The van der Waals surface area contributed by atoms with Crippen LogP contribution in [0.5, 0.6) is 5.75 Å². The van der Waals surface area contributed by atoms with Gasteiger partial charge in [-0.3, -0.25) is 4.79 Å². The summed E-state index contributed by atoms with van der Waals surface area (Å²) in [5, 5.41) is 3.41. The van der Waals surface area contributed by atoms with Crippen LogP contribution in [0.15, 0.2) is 18.2 Å². The molecule has 23 heavy (non-hydrogen) atoms. The van der Waals surface area contributed by atoms with Crippen molar-refractivity contribution in [3.63, 3.8) is 0 Å². The van der Waals surface area contributed by atoms with Crippen LogP contribution < -0.4 is 10.1 Å². The van der Waals surface area contributed by atoms with Crippen molar-refractivity contribution in [1.82, 2.24) is 10.2 Å². The topological polar surface area (TPSA) is 41.6 Å². The van der Waals surface area contributed by atoms with Crippen LogP contribution in [0.2, 0.25) is 5.02 Å². The third-order valence-electron chi connectivity index (χ3n) is 3.69. The first-order chi connectivity index (χ1) is 10.5. The number of carbonyl (C=O) groups excluding carboxylic acids is 1. The first kappa shape index (κ1) is 19.9. The summed E-state index contributed by atoms with van der Waals surface area (Å²) < 4.78 is 29.4. The minimum atomic E-state index is -2.98. The van der Waals surface area contributed by atoms with Gasteiger partial charge in [0.15, 0.2) is 0 Å². The smallest absolute Gasteiger partial charge is 0.387 e. The fourth-order valence-electron chi connectivity index (χ4n) is 2.74. The summed E-state index contributed by atoms with van der Waals surface area (Å²) in [7, 11) is 1.87. The molecule has 0 radical (unpaired) electrons. The number of amides is 1. The Labute approximate surface area is 145 Å². The van der Waals surface area contributed by atoms with Gasteiger partial charge in [-0.2, -0.15) is 8.78 Å². The lowest BCUT2D eigenvalue weighted by molar-refractivity contribution is -0.0503. The standard InChI is InChI=1S/C15H19ClF2N2O2.ClH/c1-19-8-10-3-2-6-20(9-10)14(21)12-7-11(16)4-5-13(12)22-15(17)18;/h4-5,7,10,15,19H,2-3,6,8-9H2,1H3;1H. The number of hydrogen-bond donors (Lipinski definition) is 1. The predicted octanol–water partition coefficient (Wildman–Crippen LogP) is 3.43. The number of halogens is 4. The molecule has 1 heterocycles. The van der Waals surface area contributed by atoms with Crippen LogP contribution in [-0.4, -0.2) is 44.1 Å². The van der Waals surface area contributed by atoms with Crippen molar-refractivity contribution in [3.8, 4) is 5.75 Å². The van der Waals surface area contributed by atoms with E-state index in [1.54, 1.807) is 4.90 Å². The zero-order valence-electron chi connectivity index (χ0n) is 12.7. The highest BCUT2D eigenvalue weighted by molar-refractivity contribution is 6.31. The highest BCUT2D eigenvalue weighted by atomic mass is 35.5. The van der Waals surface area contributed by atoms with Crippen molar-refractivity contribution in [2.75, 3.05) is 26.7 Å². The number of benzene rings is 1. The van der Waals surface area contributed by atoms with E-state index in [2.05, 4.69) is 10.1 Å². The lowest BCUT2D eigenvalue weighted by Gasteiger charge is -2.33. The third kappa shape index (κ3) is 5.48. The first-order valence-corrected chi connectivity index (χ1v) is 7.57. The van der Waals surface area contributed by atoms with Gasteiger partial charge in [0.1, 0.15) is 5.75 Å². The van der Waals surface area contributed by atoms with Gasteiger partial charge < -0.3 is 15.0 Å². The molecule has 1 aromatic rings. The van der Waals surface area contributed by atoms with Crippen molar-refractivity contribution in [3.05, 3.63) is 28.8 Å². The Kier molecular flexibility index (Phi) is 8.02. The number of hydrogen-bond acceptors (Lipinski definition) is 3. The maximum atomic E-state index is 12.6. The maximum Gasteiger partial charge on any atom is 0.387 e. The van der Waals surface area contributed by atoms with Crippen molar-refractivity contribution in [2.45, 2.75) is 19.5 Å². The van der Waals surface area contributed by atoms with E-state index in [1.165, 1.54) is 18.2 Å². The van der Waals surface area contributed by atoms with Gasteiger partial charge in [0.25, 0.3) is 5.91 Å². The molecular weight excluding hydrogens is 349 g/mol. The first-order valence-electron chi connectivity index (χ1n) is 7.19. The molecule has 1 aliphatic rings. The second kappa shape index (κ2) is 9.25. The summed E-state index contributed by atoms with van der Waals surface area (Å²) in [5.74, 6) is -0.0968. The van der Waals surface area contributed by atoms with Crippen molar-refractivity contribution in [1.29, 1.82) is 0 Å². The summed E-state index contributed by atoms with van der Waals surface area (Å²) in [6.07, 6.45) is 1.93. The van der Waals surface area contributed by atoms with Gasteiger partial charge in [0, 0.05) is 18.1 Å². The second-order valence-electron chi connectivity index (χ2n) is 5.34. The minimum Gasteiger partial charge on any atom is -0.434 e. The van der Waals surface area contributed by atoms with Crippen molar-refractivity contribution in [2.24, 2.45) is 5.92 Å². The molecule has 1 aliphatic heterocycles. The summed E-state index contributed by atoms with van der Waals surface area (Å²) >= 11 is 5.89. The molecule has 1 amide bonds. The van der Waals surface area contributed by atoms with E-state index in [0.29, 0.717) is 24.0 Å². The number of nitrogens with zero attached hydrogens (tertiary/aromatic N) is 1. The van der Waals surface area contributed by atoms with E-state index in [-0.39, 0.29) is 29.6 Å². The fraction of sp³-hybridized carbons (Fsp3) is 0.533. The molecule has 1 unspecified atom stereocenters. The van der Waals surface area contributed by atoms with Crippen LogP contribution in [0.25, 0.3) is 0 Å². The maximum absolute atomic E-state index is 12.6. The molecule has 130 valence electrons. The third-order valence-corrected chi connectivity index (χ3v) is 3.92.